The molecule has 0 rings (SSSR count). The van der Waals surface area contributed by atoms with Crippen LogP contribution in [0.25, 0.3) is 0 Å². The first kappa shape index (κ1) is 85.9. The highest BCUT2D eigenvalue weighted by atomic mass is 31.2. The average molecular weight is 1270 g/mol. The number of rotatable bonds is 68. The van der Waals surface area contributed by atoms with E-state index >= 15 is 0 Å². The van der Waals surface area contributed by atoms with Gasteiger partial charge < -0.3 is 19.4 Å². The van der Waals surface area contributed by atoms with Crippen LogP contribution in [0.15, 0.2) is 97.2 Å². The normalized spacial score (nSPS) is 14.0. The topological polar surface area (TPSA) is 111 Å². The van der Waals surface area contributed by atoms with E-state index in [-0.39, 0.29) is 31.5 Å². The first-order valence-electron chi connectivity index (χ1n) is 37.6. The predicted octanol–water partition coefficient (Wildman–Crippen LogP) is 24.2. The highest BCUT2D eigenvalue weighted by molar-refractivity contribution is 7.47. The molecule has 516 valence electrons. The molecule has 0 aliphatic rings. The van der Waals surface area contributed by atoms with E-state index in [0.717, 1.165) is 96.3 Å². The van der Waals surface area contributed by atoms with Gasteiger partial charge in [-0.25, -0.2) is 4.57 Å². The number of nitrogens with one attached hydrogen (secondary N) is 1. The number of ether oxygens (including phenoxy) is 1. The number of amides is 1. The van der Waals surface area contributed by atoms with Gasteiger partial charge in [-0.15, -0.1) is 0 Å². The smallest absolute Gasteiger partial charge is 0.456 e. The molecular formula is C79H144N2O7P+. The van der Waals surface area contributed by atoms with Gasteiger partial charge in [-0.3, -0.25) is 18.6 Å². The van der Waals surface area contributed by atoms with Crippen molar-refractivity contribution in [3.05, 3.63) is 97.2 Å². The number of unbranched alkanes of at least 4 members (excludes halogenated alkanes) is 38. The van der Waals surface area contributed by atoms with E-state index < -0.39 is 20.0 Å². The van der Waals surface area contributed by atoms with Gasteiger partial charge in [0.15, 0.2) is 0 Å². The second kappa shape index (κ2) is 67.8. The Labute approximate surface area is 551 Å². The SMILES string of the molecule is CC/C=C\C/C=C\C/C=C\C/C=C\C/C=C\CCCCCCCCCCCCCC(=O)OC(/C=C/CCCCCCCCCCC)C(COP(=O)(O)OCC[N+](C)(C)C)NC(=O)CCCCCCCCCCCCCCCCC/C=C\C/C=C\CCCCC. The van der Waals surface area contributed by atoms with Crippen LogP contribution < -0.4 is 5.32 Å². The van der Waals surface area contributed by atoms with E-state index in [1.807, 2.05) is 33.3 Å². The summed E-state index contributed by atoms with van der Waals surface area (Å²) in [6.07, 6.45) is 92.9. The number of likely N-dealkylation sites (N-methyl/N-ethyl adjacent to an activating group) is 1. The molecule has 0 aromatic heterocycles. The second-order valence-electron chi connectivity index (χ2n) is 26.4. The van der Waals surface area contributed by atoms with E-state index in [2.05, 4.69) is 111 Å². The van der Waals surface area contributed by atoms with Gasteiger partial charge in [0, 0.05) is 12.8 Å². The molecule has 0 aromatic rings. The summed E-state index contributed by atoms with van der Waals surface area (Å²) in [4.78, 5) is 38.0. The summed E-state index contributed by atoms with van der Waals surface area (Å²) in [5, 5.41) is 3.08. The summed E-state index contributed by atoms with van der Waals surface area (Å²) in [5.74, 6) is -0.501. The zero-order valence-electron chi connectivity index (χ0n) is 59.2. The maximum atomic E-state index is 13.6. The quantitative estimate of drug-likeness (QED) is 0.0205. The second-order valence-corrected chi connectivity index (χ2v) is 27.9. The third kappa shape index (κ3) is 69.1. The molecule has 0 aliphatic carbocycles. The van der Waals surface area contributed by atoms with Crippen LogP contribution in [-0.2, 0) is 27.9 Å². The molecule has 89 heavy (non-hydrogen) atoms. The highest BCUT2D eigenvalue weighted by Crippen LogP contribution is 2.43. The zero-order valence-corrected chi connectivity index (χ0v) is 60.1. The van der Waals surface area contributed by atoms with Crippen molar-refractivity contribution in [2.75, 3.05) is 40.9 Å². The fourth-order valence-electron chi connectivity index (χ4n) is 10.8. The van der Waals surface area contributed by atoms with Gasteiger partial charge >= 0.3 is 13.8 Å². The number of phosphoric acid groups is 1. The van der Waals surface area contributed by atoms with Crippen LogP contribution in [0, 0.1) is 0 Å². The van der Waals surface area contributed by atoms with Gasteiger partial charge in [-0.1, -0.05) is 317 Å². The summed E-state index contributed by atoms with van der Waals surface area (Å²) < 4.78 is 30.9. The van der Waals surface area contributed by atoms with Crippen molar-refractivity contribution in [2.24, 2.45) is 0 Å². The molecule has 3 atom stereocenters. The molecule has 0 saturated heterocycles. The predicted molar refractivity (Wildman–Crippen MR) is 387 cm³/mol. The molecule has 0 aliphatic heterocycles. The van der Waals surface area contributed by atoms with Crippen molar-refractivity contribution in [3.8, 4) is 0 Å². The van der Waals surface area contributed by atoms with Gasteiger partial charge in [-0.05, 0) is 109 Å². The lowest BCUT2D eigenvalue weighted by molar-refractivity contribution is -0.870. The Morgan fingerprint density at radius 1 is 0.404 bits per heavy atom. The van der Waals surface area contributed by atoms with E-state index in [1.54, 1.807) is 0 Å². The molecule has 10 heteroatoms. The molecule has 3 unspecified atom stereocenters. The molecule has 0 bridgehead atoms. The van der Waals surface area contributed by atoms with Crippen molar-refractivity contribution in [2.45, 2.75) is 354 Å². The Morgan fingerprint density at radius 2 is 0.719 bits per heavy atom. The summed E-state index contributed by atoms with van der Waals surface area (Å²) >= 11 is 0. The van der Waals surface area contributed by atoms with Crippen molar-refractivity contribution < 1.29 is 37.3 Å². The maximum absolute atomic E-state index is 13.6. The summed E-state index contributed by atoms with van der Waals surface area (Å²) in [5.41, 5.74) is 0. The van der Waals surface area contributed by atoms with Crippen LogP contribution in [0.2, 0.25) is 0 Å². The Balaban J connectivity index is 4.95. The lowest BCUT2D eigenvalue weighted by atomic mass is 10.0. The van der Waals surface area contributed by atoms with Crippen molar-refractivity contribution in [1.29, 1.82) is 0 Å². The Morgan fingerprint density at radius 3 is 1.10 bits per heavy atom. The lowest BCUT2D eigenvalue weighted by Crippen LogP contribution is -2.47. The monoisotopic (exact) mass is 1260 g/mol. The van der Waals surface area contributed by atoms with Gasteiger partial charge in [0.05, 0.1) is 33.8 Å². The molecular weight excluding hydrogens is 1120 g/mol. The van der Waals surface area contributed by atoms with Crippen molar-refractivity contribution >= 4 is 19.7 Å². The summed E-state index contributed by atoms with van der Waals surface area (Å²) in [6, 6.07) is -0.854. The Bertz CT molecular complexity index is 1840. The van der Waals surface area contributed by atoms with E-state index in [4.69, 9.17) is 13.8 Å². The number of quaternary nitrogens is 1. The number of hydrogen-bond acceptors (Lipinski definition) is 6. The number of allylic oxidation sites excluding steroid dienone is 15. The van der Waals surface area contributed by atoms with E-state index in [1.165, 1.54) is 212 Å². The molecule has 0 radical (unpaired) electrons. The number of esters is 1. The van der Waals surface area contributed by atoms with E-state index in [9.17, 15) is 19.0 Å². The fourth-order valence-corrected chi connectivity index (χ4v) is 11.5. The van der Waals surface area contributed by atoms with Crippen LogP contribution >= 0.6 is 7.82 Å². The van der Waals surface area contributed by atoms with Gasteiger partial charge in [-0.2, -0.15) is 0 Å². The molecule has 0 saturated carbocycles. The van der Waals surface area contributed by atoms with Gasteiger partial charge in [0.1, 0.15) is 19.3 Å². The number of phosphoric ester groups is 1. The first-order valence-corrected chi connectivity index (χ1v) is 39.1. The minimum atomic E-state index is -4.46. The molecule has 0 heterocycles. The number of nitrogens with zero attached hydrogens (tertiary/aromatic N) is 1. The number of hydrogen-bond donors (Lipinski definition) is 2. The van der Waals surface area contributed by atoms with Crippen LogP contribution in [0.1, 0.15) is 342 Å². The number of carbonyl (C=O) groups is 2. The fraction of sp³-hybridized carbons (Fsp3) is 0.772. The average Bonchev–Trinajstić information content (AvgIpc) is 3.71. The van der Waals surface area contributed by atoms with Crippen molar-refractivity contribution in [3.63, 3.8) is 0 Å². The minimum absolute atomic E-state index is 0.0375. The summed E-state index contributed by atoms with van der Waals surface area (Å²) in [6.45, 7) is 6.90. The third-order valence-corrected chi connectivity index (χ3v) is 17.5. The van der Waals surface area contributed by atoms with E-state index in [0.29, 0.717) is 17.4 Å². The molecule has 9 nitrogen and oxygen atoms in total. The van der Waals surface area contributed by atoms with Crippen LogP contribution in [0.5, 0.6) is 0 Å². The number of carbonyl (C=O) groups excluding carboxylic acids is 2. The standard InChI is InChI=1S/C79H143N2O7P/c1-7-10-13-16-19-22-25-27-29-31-33-35-37-39-40-42-44-46-48-50-52-54-57-60-63-66-69-72-79(83)88-77(70-67-64-61-58-55-24-21-18-15-12-9-3)76(75-87-89(84,85)86-74-73-81(4,5)6)80-78(82)71-68-65-62-59-56-53-51-49-47-45-43-41-38-36-34-32-30-28-26-23-20-17-14-11-8-2/h10,13,19-20,22-23,27-30,33,35,39-40,67,70,76-77H,7-9,11-12,14-18,21,24-26,31-32,34,36-38,41-66,68-69,71-75H2,1-6H3,(H-,80,82,84,85)/p+1/b13-10-,22-19-,23-20-,29-27-,30-28-,35-33-,40-39-,70-67+. The van der Waals surface area contributed by atoms with Crippen LogP contribution in [-0.4, -0.2) is 74.3 Å². The van der Waals surface area contributed by atoms with Crippen LogP contribution in [0.3, 0.4) is 0 Å². The lowest BCUT2D eigenvalue weighted by Gasteiger charge is -2.27. The molecule has 1 amide bonds. The molecule has 0 spiro atoms. The van der Waals surface area contributed by atoms with Crippen LogP contribution in [0.4, 0.5) is 0 Å². The first-order chi connectivity index (χ1) is 43.4. The molecule has 0 aromatic carbocycles. The highest BCUT2D eigenvalue weighted by Gasteiger charge is 2.30. The third-order valence-electron chi connectivity index (χ3n) is 16.5. The summed E-state index contributed by atoms with van der Waals surface area (Å²) in [7, 11) is 1.50. The zero-order chi connectivity index (χ0) is 64.9. The Hall–Kier alpha value is -3.07. The Kier molecular flexibility index (Phi) is 65.5. The van der Waals surface area contributed by atoms with Gasteiger partial charge in [0.2, 0.25) is 5.91 Å². The minimum Gasteiger partial charge on any atom is -0.456 e. The van der Waals surface area contributed by atoms with Gasteiger partial charge in [0.25, 0.3) is 0 Å². The largest absolute Gasteiger partial charge is 0.472 e. The molecule has 0 fully saturated rings. The van der Waals surface area contributed by atoms with Crippen molar-refractivity contribution in [1.82, 2.24) is 5.32 Å². The maximum Gasteiger partial charge on any atom is 0.472 e. The molecule has 2 N–H and O–H groups in total.